The van der Waals surface area contributed by atoms with Crippen molar-refractivity contribution in [3.63, 3.8) is 0 Å². The minimum Gasteiger partial charge on any atom is -0.256 e. The van der Waals surface area contributed by atoms with Gasteiger partial charge in [0.2, 0.25) is 0 Å². The van der Waals surface area contributed by atoms with Crippen LogP contribution in [0.15, 0.2) is 163 Å². The summed E-state index contributed by atoms with van der Waals surface area (Å²) in [5, 5.41) is 5.54. The van der Waals surface area contributed by atoms with E-state index in [4.69, 9.17) is 9.98 Å². The van der Waals surface area contributed by atoms with E-state index in [0.29, 0.717) is 0 Å². The standard InChI is InChI=1S/C49H41N3/c1-6-36(21-20-34(4)52-49-35(5)47-18-12-10-17-42(47)31-51-49)38-22-24-39(25-23-38)44-28-43(37(7-2)26-40-15-9-8-14-33(40)3)29-45(30-44)46-27-41-16-11-13-19-48(41)50-32-46/h6-32H,3H2,1-2,4-5H3/b21-20-,36-6+,37-7+,40-26-,52-34+. The van der Waals surface area contributed by atoms with Crippen LogP contribution in [0.1, 0.15) is 37.5 Å². The van der Waals surface area contributed by atoms with Crippen molar-refractivity contribution in [2.75, 3.05) is 0 Å². The Morgan fingerprint density at radius 3 is 2.08 bits per heavy atom. The van der Waals surface area contributed by atoms with Crippen molar-refractivity contribution in [3.05, 3.63) is 185 Å². The van der Waals surface area contributed by atoms with E-state index >= 15 is 0 Å². The molecule has 3 heteroatoms. The number of pyridine rings is 2. The normalized spacial score (nSPS) is 13.1. The first-order valence-electron chi connectivity index (χ1n) is 17.7. The molecule has 0 unspecified atom stereocenters. The Morgan fingerprint density at radius 1 is 0.615 bits per heavy atom. The number of rotatable bonds is 8. The smallest absolute Gasteiger partial charge is 0.155 e. The third kappa shape index (κ3) is 7.35. The van der Waals surface area contributed by atoms with Crippen LogP contribution >= 0.6 is 0 Å². The molecule has 0 aliphatic carbocycles. The molecule has 0 bridgehead atoms. The molecule has 0 amide bonds. The van der Waals surface area contributed by atoms with Crippen molar-refractivity contribution in [3.8, 4) is 22.3 Å². The Hall–Kier alpha value is -6.45. The van der Waals surface area contributed by atoms with E-state index < -0.39 is 0 Å². The third-order valence-electron chi connectivity index (χ3n) is 9.54. The molecule has 3 nitrogen and oxygen atoms in total. The van der Waals surface area contributed by atoms with E-state index in [1.165, 1.54) is 5.39 Å². The van der Waals surface area contributed by atoms with Crippen molar-refractivity contribution >= 4 is 57.0 Å². The van der Waals surface area contributed by atoms with Gasteiger partial charge in [0.25, 0.3) is 0 Å². The van der Waals surface area contributed by atoms with Crippen LogP contribution in [-0.4, -0.2) is 15.7 Å². The maximum Gasteiger partial charge on any atom is 0.155 e. The Balaban J connectivity index is 1.22. The maximum atomic E-state index is 4.85. The Morgan fingerprint density at radius 2 is 1.31 bits per heavy atom. The van der Waals surface area contributed by atoms with Gasteiger partial charge >= 0.3 is 0 Å². The predicted molar refractivity (Wildman–Crippen MR) is 224 cm³/mol. The summed E-state index contributed by atoms with van der Waals surface area (Å²) in [4.78, 5) is 14.3. The van der Waals surface area contributed by atoms with Crippen molar-refractivity contribution in [2.24, 2.45) is 4.99 Å². The monoisotopic (exact) mass is 671 g/mol. The molecule has 0 radical (unpaired) electrons. The highest BCUT2D eigenvalue weighted by Gasteiger charge is 2.10. The van der Waals surface area contributed by atoms with Crippen LogP contribution in [0.2, 0.25) is 0 Å². The van der Waals surface area contributed by atoms with E-state index in [0.717, 1.165) is 88.3 Å². The summed E-state index contributed by atoms with van der Waals surface area (Å²) >= 11 is 0. The van der Waals surface area contributed by atoms with Crippen LogP contribution < -0.4 is 10.4 Å². The molecule has 0 fully saturated rings. The highest BCUT2D eigenvalue weighted by atomic mass is 14.9. The van der Waals surface area contributed by atoms with Crippen molar-refractivity contribution in [2.45, 2.75) is 27.7 Å². The number of allylic oxidation sites excluding steroid dienone is 6. The highest BCUT2D eigenvalue weighted by Crippen LogP contribution is 2.33. The van der Waals surface area contributed by atoms with Gasteiger partial charge in [-0.3, -0.25) is 4.98 Å². The molecule has 2 heterocycles. The van der Waals surface area contributed by atoms with E-state index in [-0.39, 0.29) is 0 Å². The number of nitrogens with zero attached hydrogens (tertiary/aromatic N) is 3. The van der Waals surface area contributed by atoms with E-state index in [1.807, 2.05) is 37.5 Å². The molecule has 0 saturated carbocycles. The fourth-order valence-electron chi connectivity index (χ4n) is 6.57. The minimum absolute atomic E-state index is 0.752. The zero-order valence-electron chi connectivity index (χ0n) is 30.1. The molecular weight excluding hydrogens is 631 g/mol. The summed E-state index contributed by atoms with van der Waals surface area (Å²) in [6.45, 7) is 12.5. The van der Waals surface area contributed by atoms with Gasteiger partial charge in [-0.2, -0.15) is 0 Å². The van der Waals surface area contributed by atoms with Gasteiger partial charge in [-0.15, -0.1) is 0 Å². The molecule has 0 N–H and O–H groups in total. The maximum absolute atomic E-state index is 4.85. The first kappa shape index (κ1) is 34.0. The third-order valence-corrected chi connectivity index (χ3v) is 9.54. The second kappa shape index (κ2) is 15.2. The van der Waals surface area contributed by atoms with Crippen molar-refractivity contribution in [1.29, 1.82) is 0 Å². The number of hydrogen-bond acceptors (Lipinski definition) is 3. The summed E-state index contributed by atoms with van der Waals surface area (Å²) in [7, 11) is 0. The van der Waals surface area contributed by atoms with E-state index in [2.05, 4.69) is 166 Å². The molecule has 52 heavy (non-hydrogen) atoms. The molecule has 7 rings (SSSR count). The predicted octanol–water partition coefficient (Wildman–Crippen LogP) is 11.5. The van der Waals surface area contributed by atoms with Gasteiger partial charge in [-0.25, -0.2) is 9.98 Å². The zero-order valence-corrected chi connectivity index (χ0v) is 30.1. The second-order valence-electron chi connectivity index (χ2n) is 13.0. The van der Waals surface area contributed by atoms with Crippen LogP contribution in [0, 0.1) is 6.92 Å². The highest BCUT2D eigenvalue weighted by molar-refractivity contribution is 5.98. The lowest BCUT2D eigenvalue weighted by Crippen LogP contribution is -2.21. The molecule has 252 valence electrons. The molecule has 0 aliphatic heterocycles. The topological polar surface area (TPSA) is 38.1 Å². The lowest BCUT2D eigenvalue weighted by Gasteiger charge is -2.13. The minimum atomic E-state index is 0.752. The molecular formula is C49H41N3. The fourth-order valence-corrected chi connectivity index (χ4v) is 6.57. The van der Waals surface area contributed by atoms with Gasteiger partial charge in [-0.1, -0.05) is 116 Å². The molecule has 0 saturated heterocycles. The van der Waals surface area contributed by atoms with Gasteiger partial charge in [0.15, 0.2) is 5.82 Å². The fraction of sp³-hybridized carbons (Fsp3) is 0.0816. The SMILES string of the molecule is C=c1cccc/c1=C/C(=C\C)c1cc(-c2ccc(C(/C=C\C(C)=N\c3ncc4ccccc4c3C)=C/C)cc2)cc(-c2cnc3ccccc3c2)c1. The van der Waals surface area contributed by atoms with Crippen LogP contribution in [0.3, 0.4) is 0 Å². The molecule has 0 aliphatic rings. The van der Waals surface area contributed by atoms with Gasteiger partial charge in [0.05, 0.1) is 5.52 Å². The lowest BCUT2D eigenvalue weighted by atomic mass is 9.92. The van der Waals surface area contributed by atoms with Crippen LogP contribution in [0.4, 0.5) is 5.82 Å². The number of hydrogen-bond donors (Lipinski definition) is 0. The number of aryl methyl sites for hydroxylation is 1. The summed E-state index contributed by atoms with van der Waals surface area (Å²) in [5.41, 5.74) is 12.0. The number of aliphatic imine (C=N–C) groups is 1. The van der Waals surface area contributed by atoms with Crippen molar-refractivity contribution in [1.82, 2.24) is 9.97 Å². The lowest BCUT2D eigenvalue weighted by molar-refractivity contribution is 1.25. The van der Waals surface area contributed by atoms with Gasteiger partial charge in [-0.05, 0) is 125 Å². The van der Waals surface area contributed by atoms with Crippen LogP contribution in [0.25, 0.3) is 67.7 Å². The average molecular weight is 672 g/mol. The Labute approximate surface area is 306 Å². The molecule has 0 spiro atoms. The molecule has 7 aromatic rings. The summed E-state index contributed by atoms with van der Waals surface area (Å²) in [6.07, 6.45) is 14.6. The number of benzene rings is 5. The number of para-hydroxylation sites is 1. The molecule has 5 aromatic carbocycles. The first-order chi connectivity index (χ1) is 25.4. The second-order valence-corrected chi connectivity index (χ2v) is 13.0. The van der Waals surface area contributed by atoms with Crippen molar-refractivity contribution < 1.29 is 0 Å². The van der Waals surface area contributed by atoms with E-state index in [1.54, 1.807) is 0 Å². The largest absolute Gasteiger partial charge is 0.256 e. The Kier molecular flexibility index (Phi) is 9.95. The summed E-state index contributed by atoms with van der Waals surface area (Å²) in [6, 6.07) is 42.7. The first-order valence-corrected chi connectivity index (χ1v) is 17.7. The van der Waals surface area contributed by atoms with Gasteiger partial charge < -0.3 is 0 Å². The quantitative estimate of drug-likeness (QED) is 0.119. The van der Waals surface area contributed by atoms with Crippen LogP contribution in [0.5, 0.6) is 0 Å². The van der Waals surface area contributed by atoms with Gasteiger partial charge in [0.1, 0.15) is 0 Å². The van der Waals surface area contributed by atoms with Crippen LogP contribution in [-0.2, 0) is 0 Å². The zero-order chi connectivity index (χ0) is 36.0. The molecule has 2 aromatic heterocycles. The van der Waals surface area contributed by atoms with E-state index in [9.17, 15) is 0 Å². The average Bonchev–Trinajstić information content (AvgIpc) is 3.19. The number of aromatic nitrogens is 2. The number of fused-ring (bicyclic) bond motifs is 2. The summed E-state index contributed by atoms with van der Waals surface area (Å²) in [5.74, 6) is 0.752. The Bertz CT molecular complexity index is 2670. The molecule has 0 atom stereocenters. The summed E-state index contributed by atoms with van der Waals surface area (Å²) < 4.78 is 0. The van der Waals surface area contributed by atoms with Gasteiger partial charge in [0, 0.05) is 40.0 Å².